The monoisotopic (exact) mass is 771 g/mol. The number of likely N-dealkylation sites (N-methyl/N-ethyl adjacent to an activating group) is 1. The highest BCUT2D eigenvalue weighted by molar-refractivity contribution is 7.09. The molecule has 7 unspecified atom stereocenters. The number of carboxylic acids is 1. The number of rotatable bonds is 21. The van der Waals surface area contributed by atoms with E-state index in [1.807, 2.05) is 70.0 Å². The van der Waals surface area contributed by atoms with Crippen LogP contribution in [0.3, 0.4) is 0 Å². The van der Waals surface area contributed by atoms with Crippen LogP contribution in [0.2, 0.25) is 0 Å². The number of piperidine rings is 1. The highest BCUT2D eigenvalue weighted by Gasteiger charge is 2.39. The number of carbonyl (C=O) groups excluding carboxylic acids is 4. The van der Waals surface area contributed by atoms with Crippen molar-refractivity contribution in [2.45, 2.75) is 117 Å². The predicted octanol–water partition coefficient (Wildman–Crippen LogP) is 5.10. The predicted molar refractivity (Wildman–Crippen MR) is 208 cm³/mol. The van der Waals surface area contributed by atoms with Gasteiger partial charge in [-0.25, -0.2) is 4.98 Å². The number of carboxylic acid groups (broad SMARTS) is 1. The molecule has 13 nitrogen and oxygen atoms in total. The van der Waals surface area contributed by atoms with Crippen molar-refractivity contribution in [3.8, 4) is 0 Å². The van der Waals surface area contributed by atoms with Crippen LogP contribution in [0.5, 0.6) is 0 Å². The molecule has 3 rings (SSSR count). The fourth-order valence-corrected chi connectivity index (χ4v) is 7.78. The average Bonchev–Trinajstić information content (AvgIpc) is 3.63. The summed E-state index contributed by atoms with van der Waals surface area (Å²) in [7, 11) is 3.51. The molecule has 0 spiro atoms. The van der Waals surface area contributed by atoms with Gasteiger partial charge in [-0.05, 0) is 56.7 Å². The molecule has 1 aliphatic heterocycles. The first-order valence-corrected chi connectivity index (χ1v) is 20.0. The van der Waals surface area contributed by atoms with Gasteiger partial charge in [0.25, 0.3) is 5.91 Å². The second kappa shape index (κ2) is 21.9. The lowest BCUT2D eigenvalue weighted by Gasteiger charge is -2.40. The number of hydrogen-bond donors (Lipinski definition) is 3. The van der Waals surface area contributed by atoms with Gasteiger partial charge in [-0.1, -0.05) is 77.8 Å². The van der Waals surface area contributed by atoms with Gasteiger partial charge >= 0.3 is 11.9 Å². The third-order valence-corrected chi connectivity index (χ3v) is 11.3. The maximum absolute atomic E-state index is 14.6. The maximum atomic E-state index is 14.6. The van der Waals surface area contributed by atoms with Crippen LogP contribution in [0.15, 0.2) is 35.7 Å². The maximum Gasteiger partial charge on any atom is 0.306 e. The normalized spacial score (nSPS) is 18.1. The smallest absolute Gasteiger partial charge is 0.306 e. The van der Waals surface area contributed by atoms with Gasteiger partial charge in [-0.3, -0.25) is 28.9 Å². The van der Waals surface area contributed by atoms with Gasteiger partial charge in [-0.2, -0.15) is 0 Å². The van der Waals surface area contributed by atoms with E-state index >= 15 is 0 Å². The summed E-state index contributed by atoms with van der Waals surface area (Å²) in [5.74, 6) is -3.27. The van der Waals surface area contributed by atoms with Crippen LogP contribution in [0.1, 0.15) is 107 Å². The molecule has 7 atom stereocenters. The Morgan fingerprint density at radius 2 is 1.76 bits per heavy atom. The molecule has 2 aromatic rings. The van der Waals surface area contributed by atoms with Gasteiger partial charge in [-0.15, -0.1) is 11.3 Å². The number of esters is 1. The molecule has 1 saturated heterocycles. The van der Waals surface area contributed by atoms with Crippen LogP contribution < -0.4 is 10.6 Å². The minimum absolute atomic E-state index is 0.0978. The first-order chi connectivity index (χ1) is 25.7. The van der Waals surface area contributed by atoms with Crippen molar-refractivity contribution >= 4 is 41.0 Å². The van der Waals surface area contributed by atoms with Gasteiger partial charge in [0.15, 0.2) is 6.10 Å². The fraction of sp³-hybridized carbons (Fsp3) is 0.650. The summed E-state index contributed by atoms with van der Waals surface area (Å²) < 4.78 is 11.3. The molecule has 3 amide bonds. The Morgan fingerprint density at radius 3 is 2.35 bits per heavy atom. The van der Waals surface area contributed by atoms with E-state index in [-0.39, 0.29) is 61.4 Å². The van der Waals surface area contributed by atoms with Crippen molar-refractivity contribution in [2.75, 3.05) is 33.9 Å². The topological polar surface area (TPSA) is 167 Å². The van der Waals surface area contributed by atoms with Gasteiger partial charge in [0.2, 0.25) is 11.8 Å². The van der Waals surface area contributed by atoms with E-state index in [9.17, 15) is 29.1 Å². The van der Waals surface area contributed by atoms with E-state index in [1.165, 1.54) is 18.3 Å². The number of hydrogen-bond acceptors (Lipinski definition) is 10. The molecule has 0 bridgehead atoms. The molecule has 54 heavy (non-hydrogen) atoms. The number of amides is 3. The second-order valence-electron chi connectivity index (χ2n) is 14.9. The molecular formula is C40H61N5O8S. The molecule has 3 N–H and O–H groups in total. The fourth-order valence-electron chi connectivity index (χ4n) is 6.94. The number of aromatic nitrogens is 1. The number of thiazole rings is 1. The van der Waals surface area contributed by atoms with Crippen LogP contribution in [0.4, 0.5) is 0 Å². The van der Waals surface area contributed by atoms with E-state index in [0.29, 0.717) is 17.8 Å². The Balaban J connectivity index is 1.89. The second-order valence-corrected chi connectivity index (χ2v) is 15.8. The first-order valence-electron chi connectivity index (χ1n) is 19.2. The Kier molecular flexibility index (Phi) is 18.0. The van der Waals surface area contributed by atoms with Gasteiger partial charge in [0, 0.05) is 44.5 Å². The molecule has 1 aliphatic rings. The van der Waals surface area contributed by atoms with E-state index in [4.69, 9.17) is 9.47 Å². The van der Waals surface area contributed by atoms with Crippen LogP contribution in [-0.2, 0) is 35.1 Å². The summed E-state index contributed by atoms with van der Waals surface area (Å²) in [6, 6.07) is 7.53. The van der Waals surface area contributed by atoms with Crippen LogP contribution in [-0.4, -0.2) is 108 Å². The molecule has 300 valence electrons. The van der Waals surface area contributed by atoms with Crippen molar-refractivity contribution in [1.29, 1.82) is 0 Å². The number of nitrogens with zero attached hydrogens (tertiary/aromatic N) is 3. The zero-order chi connectivity index (χ0) is 39.9. The Morgan fingerprint density at radius 1 is 1.06 bits per heavy atom. The molecule has 1 fully saturated rings. The highest BCUT2D eigenvalue weighted by atomic mass is 32.1. The summed E-state index contributed by atoms with van der Waals surface area (Å²) in [5.41, 5.74) is 1.08. The molecular weight excluding hydrogens is 711 g/mol. The average molecular weight is 772 g/mol. The lowest BCUT2D eigenvalue weighted by Crippen LogP contribution is -2.59. The van der Waals surface area contributed by atoms with Crippen molar-refractivity contribution in [3.63, 3.8) is 0 Å². The number of aliphatic carboxylic acids is 1. The Hall–Kier alpha value is -3.88. The van der Waals surface area contributed by atoms with Crippen molar-refractivity contribution in [2.24, 2.45) is 17.8 Å². The zero-order valence-corrected chi connectivity index (χ0v) is 34.0. The summed E-state index contributed by atoms with van der Waals surface area (Å²) in [6.45, 7) is 12.2. The van der Waals surface area contributed by atoms with Gasteiger partial charge in [0.1, 0.15) is 16.7 Å². The molecule has 0 saturated carbocycles. The van der Waals surface area contributed by atoms with Crippen molar-refractivity contribution in [1.82, 2.24) is 25.4 Å². The summed E-state index contributed by atoms with van der Waals surface area (Å²) >= 11 is 1.18. The van der Waals surface area contributed by atoms with E-state index in [0.717, 1.165) is 31.4 Å². The number of ether oxygens (including phenoxy) is 2. The van der Waals surface area contributed by atoms with Crippen LogP contribution >= 0.6 is 11.3 Å². The third kappa shape index (κ3) is 13.2. The van der Waals surface area contributed by atoms with Crippen LogP contribution in [0.25, 0.3) is 0 Å². The number of likely N-dealkylation sites (tertiary alicyclic amines) is 1. The van der Waals surface area contributed by atoms with Crippen molar-refractivity contribution in [3.05, 3.63) is 52.0 Å². The lowest BCUT2D eigenvalue weighted by molar-refractivity contribution is -0.150. The minimum Gasteiger partial charge on any atom is -0.481 e. The third-order valence-electron chi connectivity index (χ3n) is 10.4. The Bertz CT molecular complexity index is 1520. The standard InChI is InChI=1S/C40H61N5O8S/c1-9-26(4)35(43-37(48)32-17-13-14-18-44(32)7)39(49)45(19-20-52-8)33(25(2)3)23-34(53-28(6)46)38-42-31(24-54-38)36(47)41-30(21-27(5)40(50)51)22-29-15-11-10-12-16-29/h10-12,15-16,24-27,30,32-35H,9,13-14,17-23H2,1-8H3,(H,41,47)(H,43,48)(H,50,51). The zero-order valence-electron chi connectivity index (χ0n) is 33.2. The quantitative estimate of drug-likeness (QED) is 0.145. The van der Waals surface area contributed by atoms with Crippen molar-refractivity contribution < 1.29 is 38.6 Å². The first kappa shape index (κ1) is 44.5. The lowest BCUT2D eigenvalue weighted by atomic mass is 9.92. The highest BCUT2D eigenvalue weighted by Crippen LogP contribution is 2.32. The molecule has 2 heterocycles. The SMILES string of the molecule is CCC(C)C(NC(=O)C1CCCCN1C)C(=O)N(CCOC)C(CC(OC(C)=O)c1nc(C(=O)NC(Cc2ccccc2)CC(C)C(=O)O)cs1)C(C)C. The van der Waals surface area contributed by atoms with E-state index in [1.54, 1.807) is 24.3 Å². The van der Waals surface area contributed by atoms with Crippen LogP contribution in [0, 0.1) is 17.8 Å². The number of methoxy groups -OCH3 is 1. The Labute approximate surface area is 324 Å². The summed E-state index contributed by atoms with van der Waals surface area (Å²) in [6.07, 6.45) is 3.37. The van der Waals surface area contributed by atoms with Gasteiger partial charge < -0.3 is 30.1 Å². The minimum atomic E-state index is -0.949. The molecule has 0 aliphatic carbocycles. The molecule has 14 heteroatoms. The summed E-state index contributed by atoms with van der Waals surface area (Å²) in [4.78, 5) is 74.3. The largest absolute Gasteiger partial charge is 0.481 e. The molecule has 1 aromatic heterocycles. The van der Waals surface area contributed by atoms with E-state index < -0.39 is 48.0 Å². The number of benzene rings is 1. The summed E-state index contributed by atoms with van der Waals surface area (Å²) in [5, 5.41) is 17.7. The van der Waals surface area contributed by atoms with E-state index in [2.05, 4.69) is 15.6 Å². The number of nitrogens with one attached hydrogen (secondary N) is 2. The molecule has 0 radical (unpaired) electrons. The molecule has 1 aromatic carbocycles. The van der Waals surface area contributed by atoms with Gasteiger partial charge in [0.05, 0.1) is 18.6 Å². The number of carbonyl (C=O) groups is 5.